The van der Waals surface area contributed by atoms with Crippen molar-refractivity contribution in [3.63, 3.8) is 0 Å². The van der Waals surface area contributed by atoms with Gasteiger partial charge in [0, 0.05) is 18.1 Å². The molecule has 1 fully saturated rings. The van der Waals surface area contributed by atoms with E-state index in [2.05, 4.69) is 51.4 Å². The van der Waals surface area contributed by atoms with Crippen LogP contribution in [0.15, 0.2) is 30.0 Å². The third-order valence-electron chi connectivity index (χ3n) is 3.80. The molecular formula is C14H20BNO2S. The van der Waals surface area contributed by atoms with Crippen LogP contribution in [0.4, 0.5) is 0 Å². The number of aromatic nitrogens is 1. The number of pyridine rings is 1. The highest BCUT2D eigenvalue weighted by Gasteiger charge is 2.52. The van der Waals surface area contributed by atoms with Crippen LogP contribution >= 0.6 is 12.6 Å². The molecule has 2 heterocycles. The second kappa shape index (κ2) is 5.31. The van der Waals surface area contributed by atoms with Gasteiger partial charge in [-0.1, -0.05) is 6.08 Å². The van der Waals surface area contributed by atoms with Crippen LogP contribution in [0.5, 0.6) is 0 Å². The number of rotatable bonds is 3. The topological polar surface area (TPSA) is 31.4 Å². The third kappa shape index (κ3) is 3.04. The summed E-state index contributed by atoms with van der Waals surface area (Å²) >= 11 is 4.39. The maximum Gasteiger partial charge on any atom is 0.491 e. The van der Waals surface area contributed by atoms with Crippen LogP contribution in [-0.4, -0.2) is 29.1 Å². The number of hydrogen-bond donors (Lipinski definition) is 1. The number of thiol groups is 1. The molecule has 0 unspecified atom stereocenters. The van der Waals surface area contributed by atoms with Gasteiger partial charge >= 0.3 is 7.12 Å². The highest BCUT2D eigenvalue weighted by Crippen LogP contribution is 2.38. The van der Waals surface area contributed by atoms with E-state index in [1.54, 1.807) is 12.4 Å². The van der Waals surface area contributed by atoms with Crippen molar-refractivity contribution in [3.05, 3.63) is 35.6 Å². The first-order valence-corrected chi connectivity index (χ1v) is 7.06. The van der Waals surface area contributed by atoms with Gasteiger partial charge in [-0.25, -0.2) is 0 Å². The maximum atomic E-state index is 6.03. The quantitative estimate of drug-likeness (QED) is 0.680. The second-order valence-corrected chi connectivity index (χ2v) is 6.06. The van der Waals surface area contributed by atoms with Gasteiger partial charge in [-0.15, -0.1) is 0 Å². The SMILES string of the molecule is CC1(C)OB(C(=Cc2ccncc2)CS)OC1(C)C. The largest absolute Gasteiger partial charge is 0.491 e. The molecule has 1 aliphatic heterocycles. The molecule has 1 aliphatic rings. The Bertz CT molecular complexity index is 458. The normalized spacial score (nSPS) is 21.7. The first-order chi connectivity index (χ1) is 8.86. The number of nitrogens with zero attached hydrogens (tertiary/aromatic N) is 1. The monoisotopic (exact) mass is 277 g/mol. The Kier molecular flexibility index (Phi) is 4.09. The summed E-state index contributed by atoms with van der Waals surface area (Å²) in [7, 11) is -0.337. The standard InChI is InChI=1S/C14H20BNO2S/c1-13(2)14(3,4)18-15(17-13)12(10-19)9-11-5-7-16-8-6-11/h5-9,19H,10H2,1-4H3. The molecule has 0 aromatic carbocycles. The minimum atomic E-state index is -0.337. The fourth-order valence-corrected chi connectivity index (χ4v) is 2.10. The zero-order chi connectivity index (χ0) is 14.1. The smallest absolute Gasteiger partial charge is 0.400 e. The molecule has 0 bridgehead atoms. The van der Waals surface area contributed by atoms with E-state index in [1.165, 1.54) is 0 Å². The third-order valence-corrected chi connectivity index (χ3v) is 4.16. The fraction of sp³-hybridized carbons (Fsp3) is 0.500. The lowest BCUT2D eigenvalue weighted by atomic mass is 9.78. The van der Waals surface area contributed by atoms with Crippen LogP contribution in [0.1, 0.15) is 33.3 Å². The van der Waals surface area contributed by atoms with E-state index in [9.17, 15) is 0 Å². The molecule has 0 N–H and O–H groups in total. The van der Waals surface area contributed by atoms with Crippen molar-refractivity contribution < 1.29 is 9.31 Å². The van der Waals surface area contributed by atoms with Crippen molar-refractivity contribution in [2.24, 2.45) is 0 Å². The summed E-state index contributed by atoms with van der Waals surface area (Å²) in [6, 6.07) is 3.91. The fourth-order valence-electron chi connectivity index (χ4n) is 1.86. The molecule has 0 radical (unpaired) electrons. The van der Waals surface area contributed by atoms with Gasteiger partial charge in [0.05, 0.1) is 11.2 Å². The highest BCUT2D eigenvalue weighted by atomic mass is 32.1. The van der Waals surface area contributed by atoms with Gasteiger partial charge in [-0.2, -0.15) is 12.6 Å². The van der Waals surface area contributed by atoms with E-state index in [4.69, 9.17) is 9.31 Å². The van der Waals surface area contributed by atoms with E-state index in [-0.39, 0.29) is 18.3 Å². The van der Waals surface area contributed by atoms with Gasteiger partial charge < -0.3 is 9.31 Å². The first kappa shape index (κ1) is 14.6. The van der Waals surface area contributed by atoms with E-state index in [0.29, 0.717) is 5.75 Å². The average molecular weight is 277 g/mol. The summed E-state index contributed by atoms with van der Waals surface area (Å²) in [4.78, 5) is 4.01. The Morgan fingerprint density at radius 2 is 1.74 bits per heavy atom. The van der Waals surface area contributed by atoms with Crippen molar-refractivity contribution in [1.29, 1.82) is 0 Å². The molecule has 1 saturated heterocycles. The molecule has 5 heteroatoms. The maximum absolute atomic E-state index is 6.03. The predicted octanol–water partition coefficient (Wildman–Crippen LogP) is 3.03. The summed E-state index contributed by atoms with van der Waals surface area (Å²) in [5.41, 5.74) is 1.46. The van der Waals surface area contributed by atoms with Gasteiger partial charge in [-0.3, -0.25) is 4.98 Å². The number of hydrogen-bond acceptors (Lipinski definition) is 4. The average Bonchev–Trinajstić information content (AvgIpc) is 2.56. The Hall–Kier alpha value is -0.775. The molecule has 0 amide bonds. The van der Waals surface area contributed by atoms with Crippen molar-refractivity contribution in [3.8, 4) is 0 Å². The van der Waals surface area contributed by atoms with E-state index < -0.39 is 0 Å². The first-order valence-electron chi connectivity index (χ1n) is 6.43. The van der Waals surface area contributed by atoms with E-state index >= 15 is 0 Å². The molecule has 19 heavy (non-hydrogen) atoms. The van der Waals surface area contributed by atoms with Crippen molar-refractivity contribution in [2.75, 3.05) is 5.75 Å². The Labute approximate surface area is 121 Å². The van der Waals surface area contributed by atoms with Gasteiger partial charge in [0.1, 0.15) is 0 Å². The lowest BCUT2D eigenvalue weighted by Gasteiger charge is -2.32. The van der Waals surface area contributed by atoms with E-state index in [1.807, 2.05) is 12.1 Å². The molecule has 102 valence electrons. The molecule has 0 spiro atoms. The van der Waals surface area contributed by atoms with Crippen LogP contribution in [0, 0.1) is 0 Å². The highest BCUT2D eigenvalue weighted by molar-refractivity contribution is 7.80. The zero-order valence-electron chi connectivity index (χ0n) is 11.9. The van der Waals surface area contributed by atoms with Gasteiger partial charge in [-0.05, 0) is 50.9 Å². The van der Waals surface area contributed by atoms with Crippen molar-refractivity contribution >= 4 is 25.8 Å². The Balaban J connectivity index is 2.23. The second-order valence-electron chi connectivity index (χ2n) is 5.75. The Morgan fingerprint density at radius 1 is 1.21 bits per heavy atom. The summed E-state index contributed by atoms with van der Waals surface area (Å²) in [6.07, 6.45) is 5.59. The van der Waals surface area contributed by atoms with Crippen molar-refractivity contribution in [2.45, 2.75) is 38.9 Å². The molecule has 0 saturated carbocycles. The van der Waals surface area contributed by atoms with Gasteiger partial charge in [0.15, 0.2) is 0 Å². The van der Waals surface area contributed by atoms with Gasteiger partial charge in [0.25, 0.3) is 0 Å². The summed E-state index contributed by atoms with van der Waals surface area (Å²) in [6.45, 7) is 8.20. The lowest BCUT2D eigenvalue weighted by molar-refractivity contribution is 0.00578. The minimum absolute atomic E-state index is 0.321. The van der Waals surface area contributed by atoms with Crippen LogP contribution in [0.25, 0.3) is 6.08 Å². The minimum Gasteiger partial charge on any atom is -0.400 e. The summed E-state index contributed by atoms with van der Waals surface area (Å²) < 4.78 is 12.1. The van der Waals surface area contributed by atoms with Crippen LogP contribution in [0.2, 0.25) is 0 Å². The molecule has 1 aromatic rings. The molecule has 2 rings (SSSR count). The van der Waals surface area contributed by atoms with Gasteiger partial charge in [0.2, 0.25) is 0 Å². The molecule has 0 atom stereocenters. The van der Waals surface area contributed by atoms with Crippen LogP contribution in [0.3, 0.4) is 0 Å². The van der Waals surface area contributed by atoms with Crippen molar-refractivity contribution in [1.82, 2.24) is 4.98 Å². The molecule has 3 nitrogen and oxygen atoms in total. The van der Waals surface area contributed by atoms with Crippen LogP contribution in [-0.2, 0) is 9.31 Å². The summed E-state index contributed by atoms with van der Waals surface area (Å²) in [5.74, 6) is 0.596. The zero-order valence-corrected chi connectivity index (χ0v) is 12.8. The Morgan fingerprint density at radius 3 is 2.21 bits per heavy atom. The van der Waals surface area contributed by atoms with Crippen LogP contribution < -0.4 is 0 Å². The molecular weight excluding hydrogens is 257 g/mol. The molecule has 1 aromatic heterocycles. The van der Waals surface area contributed by atoms with E-state index in [0.717, 1.165) is 11.0 Å². The predicted molar refractivity (Wildman–Crippen MR) is 82.1 cm³/mol. The molecule has 0 aliphatic carbocycles. The lowest BCUT2D eigenvalue weighted by Crippen LogP contribution is -2.41. The summed E-state index contributed by atoms with van der Waals surface area (Å²) in [5, 5.41) is 0.